The Balaban J connectivity index is 1.60. The van der Waals surface area contributed by atoms with Gasteiger partial charge in [0.1, 0.15) is 22.4 Å². The lowest BCUT2D eigenvalue weighted by molar-refractivity contribution is 0.0697. The fraction of sp³-hybridized carbons (Fsp3) is 0.111. The number of pyridine rings is 1. The van der Waals surface area contributed by atoms with Crippen molar-refractivity contribution in [1.29, 1.82) is 0 Å². The number of aromatic carboxylic acids is 1. The van der Waals surface area contributed by atoms with Gasteiger partial charge in [0.15, 0.2) is 0 Å². The summed E-state index contributed by atoms with van der Waals surface area (Å²) in [5.74, 6) is -1.09. The molecule has 3 heterocycles. The Morgan fingerprint density at radius 1 is 1.26 bits per heavy atom. The zero-order valence-corrected chi connectivity index (χ0v) is 14.8. The van der Waals surface area contributed by atoms with Gasteiger partial charge in [0.05, 0.1) is 30.1 Å². The van der Waals surface area contributed by atoms with E-state index in [1.807, 2.05) is 7.05 Å². The molecule has 1 aromatic carbocycles. The van der Waals surface area contributed by atoms with Crippen LogP contribution in [0.5, 0.6) is 0 Å². The van der Waals surface area contributed by atoms with Crippen LogP contribution in [0.25, 0.3) is 22.0 Å². The number of fused-ring (bicyclic) bond motifs is 2. The van der Waals surface area contributed by atoms with Gasteiger partial charge in [-0.2, -0.15) is 0 Å². The molecule has 4 rings (SSSR count). The number of furan rings is 1. The zero-order valence-electron chi connectivity index (χ0n) is 14.1. The Labute approximate surface area is 157 Å². The van der Waals surface area contributed by atoms with Crippen LogP contribution in [0.4, 0.5) is 0 Å². The van der Waals surface area contributed by atoms with Gasteiger partial charge in [0.2, 0.25) is 0 Å². The molecular weight excluding hydrogens is 372 g/mol. The number of carbonyl (C=O) groups is 2. The molecule has 0 aliphatic rings. The molecule has 3 aromatic heterocycles. The summed E-state index contributed by atoms with van der Waals surface area (Å²) >= 11 is 5.95. The van der Waals surface area contributed by atoms with Crippen molar-refractivity contribution >= 4 is 45.5 Å². The Bertz CT molecular complexity index is 1210. The summed E-state index contributed by atoms with van der Waals surface area (Å²) in [5, 5.41) is 12.9. The van der Waals surface area contributed by atoms with Crippen LogP contribution in [-0.2, 0) is 13.6 Å². The molecule has 0 spiro atoms. The van der Waals surface area contributed by atoms with Gasteiger partial charge in [-0.1, -0.05) is 11.6 Å². The van der Waals surface area contributed by atoms with Crippen molar-refractivity contribution < 1.29 is 19.1 Å². The van der Waals surface area contributed by atoms with Crippen molar-refractivity contribution in [3.63, 3.8) is 0 Å². The number of carboxylic acids is 1. The minimum Gasteiger partial charge on any atom is -0.478 e. The maximum absolute atomic E-state index is 12.5. The summed E-state index contributed by atoms with van der Waals surface area (Å²) in [6.45, 7) is 0.0768. The van der Waals surface area contributed by atoms with Crippen molar-refractivity contribution in [2.75, 3.05) is 0 Å². The van der Waals surface area contributed by atoms with Crippen molar-refractivity contribution in [3.8, 4) is 0 Å². The molecule has 0 aliphatic carbocycles. The van der Waals surface area contributed by atoms with Crippen LogP contribution in [0.2, 0.25) is 5.02 Å². The number of imidazole rings is 1. The number of halogens is 1. The molecule has 0 radical (unpaired) electrons. The molecule has 0 bridgehead atoms. The van der Waals surface area contributed by atoms with E-state index < -0.39 is 5.97 Å². The second kappa shape index (κ2) is 6.40. The second-order valence-electron chi connectivity index (χ2n) is 5.98. The largest absolute Gasteiger partial charge is 0.478 e. The Morgan fingerprint density at radius 3 is 2.85 bits per heavy atom. The van der Waals surface area contributed by atoms with Gasteiger partial charge in [-0.3, -0.25) is 9.78 Å². The molecule has 27 heavy (non-hydrogen) atoms. The topological polar surface area (TPSA) is 110 Å². The average molecular weight is 385 g/mol. The standard InChI is InChI=1S/C18H13ClN4O4/c1-23-8-22-15-13(6-20-7-14(15)23)17(24)21-5-11-3-9-2-10(19)4-12(18(25)26)16(9)27-11/h2-4,6-8H,5H2,1H3,(H,21,24)(H,25,26). The number of hydrogen-bond acceptors (Lipinski definition) is 5. The lowest BCUT2D eigenvalue weighted by Gasteiger charge is -2.04. The maximum atomic E-state index is 12.5. The van der Waals surface area contributed by atoms with E-state index in [4.69, 9.17) is 16.0 Å². The summed E-state index contributed by atoms with van der Waals surface area (Å²) < 4.78 is 7.38. The van der Waals surface area contributed by atoms with Crippen LogP contribution >= 0.6 is 11.6 Å². The Morgan fingerprint density at radius 2 is 2.07 bits per heavy atom. The van der Waals surface area contributed by atoms with Crippen LogP contribution < -0.4 is 5.32 Å². The van der Waals surface area contributed by atoms with Gasteiger partial charge >= 0.3 is 5.97 Å². The van der Waals surface area contributed by atoms with E-state index in [0.29, 0.717) is 27.2 Å². The molecule has 0 saturated carbocycles. The number of carboxylic acid groups (broad SMARTS) is 1. The van der Waals surface area contributed by atoms with Crippen LogP contribution in [0, 0.1) is 0 Å². The molecule has 0 fully saturated rings. The molecule has 2 N–H and O–H groups in total. The molecule has 0 aliphatic heterocycles. The monoisotopic (exact) mass is 384 g/mol. The smallest absolute Gasteiger partial charge is 0.339 e. The number of benzene rings is 1. The highest BCUT2D eigenvalue weighted by Gasteiger charge is 2.17. The third kappa shape index (κ3) is 3.00. The van der Waals surface area contributed by atoms with Gasteiger partial charge in [-0.25, -0.2) is 9.78 Å². The minimum absolute atomic E-state index is 0.0301. The second-order valence-corrected chi connectivity index (χ2v) is 6.42. The quantitative estimate of drug-likeness (QED) is 0.559. The minimum atomic E-state index is -1.14. The fourth-order valence-electron chi connectivity index (χ4n) is 2.89. The number of rotatable bonds is 4. The van der Waals surface area contributed by atoms with Gasteiger partial charge in [0, 0.05) is 23.7 Å². The van der Waals surface area contributed by atoms with Crippen molar-refractivity contribution in [1.82, 2.24) is 19.9 Å². The van der Waals surface area contributed by atoms with Gasteiger partial charge in [-0.15, -0.1) is 0 Å². The van der Waals surface area contributed by atoms with E-state index in [2.05, 4.69) is 15.3 Å². The predicted molar refractivity (Wildman–Crippen MR) is 97.9 cm³/mol. The van der Waals surface area contributed by atoms with Crippen LogP contribution in [-0.4, -0.2) is 31.5 Å². The number of nitrogens with zero attached hydrogens (tertiary/aromatic N) is 3. The van der Waals surface area contributed by atoms with E-state index in [0.717, 1.165) is 5.52 Å². The molecule has 9 heteroatoms. The molecule has 136 valence electrons. The van der Waals surface area contributed by atoms with Crippen molar-refractivity contribution in [2.24, 2.45) is 7.05 Å². The molecule has 0 atom stereocenters. The number of nitrogens with one attached hydrogen (secondary N) is 1. The maximum Gasteiger partial charge on any atom is 0.339 e. The first-order valence-corrected chi connectivity index (χ1v) is 8.30. The van der Waals surface area contributed by atoms with Gasteiger partial charge < -0.3 is 19.4 Å². The average Bonchev–Trinajstić information content (AvgIpc) is 3.22. The third-order valence-electron chi connectivity index (χ3n) is 4.17. The summed E-state index contributed by atoms with van der Waals surface area (Å²) in [5.41, 5.74) is 1.82. The van der Waals surface area contributed by atoms with Crippen LogP contribution in [0.15, 0.2) is 41.3 Å². The SMILES string of the molecule is Cn1cnc2c(C(=O)NCc3cc4cc(Cl)cc(C(=O)O)c4o3)cncc21. The van der Waals surface area contributed by atoms with E-state index in [1.165, 1.54) is 12.3 Å². The zero-order chi connectivity index (χ0) is 19.1. The van der Waals surface area contributed by atoms with E-state index in [1.54, 1.807) is 29.2 Å². The van der Waals surface area contributed by atoms with E-state index in [-0.39, 0.29) is 23.6 Å². The van der Waals surface area contributed by atoms with Gasteiger partial charge in [-0.05, 0) is 18.2 Å². The van der Waals surface area contributed by atoms with Gasteiger partial charge in [0.25, 0.3) is 5.91 Å². The molecule has 0 saturated heterocycles. The normalized spacial score (nSPS) is 11.2. The Hall–Kier alpha value is -3.39. The predicted octanol–water partition coefficient (Wildman–Crippen LogP) is 3.00. The highest BCUT2D eigenvalue weighted by Crippen LogP contribution is 2.27. The van der Waals surface area contributed by atoms with Crippen LogP contribution in [0.1, 0.15) is 26.5 Å². The van der Waals surface area contributed by atoms with E-state index in [9.17, 15) is 14.7 Å². The highest BCUT2D eigenvalue weighted by molar-refractivity contribution is 6.32. The molecular formula is C18H13ClN4O4. The molecule has 4 aromatic rings. The summed E-state index contributed by atoms with van der Waals surface area (Å²) in [7, 11) is 1.82. The number of hydrogen-bond donors (Lipinski definition) is 2. The summed E-state index contributed by atoms with van der Waals surface area (Å²) in [6.07, 6.45) is 4.70. The number of carbonyl (C=O) groups excluding carboxylic acids is 1. The van der Waals surface area contributed by atoms with Crippen molar-refractivity contribution in [2.45, 2.75) is 6.54 Å². The lowest BCUT2D eigenvalue weighted by Crippen LogP contribution is -2.23. The van der Waals surface area contributed by atoms with Crippen LogP contribution in [0.3, 0.4) is 0 Å². The summed E-state index contributed by atoms with van der Waals surface area (Å²) in [4.78, 5) is 32.2. The number of aromatic nitrogens is 3. The molecule has 0 unspecified atom stereocenters. The first-order valence-electron chi connectivity index (χ1n) is 7.92. The lowest BCUT2D eigenvalue weighted by atomic mass is 10.1. The first-order chi connectivity index (χ1) is 12.9. The highest BCUT2D eigenvalue weighted by atomic mass is 35.5. The number of amides is 1. The van der Waals surface area contributed by atoms with Crippen molar-refractivity contribution in [3.05, 3.63) is 58.8 Å². The fourth-order valence-corrected chi connectivity index (χ4v) is 3.11. The van der Waals surface area contributed by atoms with E-state index >= 15 is 0 Å². The first kappa shape index (κ1) is 17.0. The Kier molecular flexibility index (Phi) is 4.04. The number of aryl methyl sites for hydroxylation is 1. The molecule has 8 nitrogen and oxygen atoms in total. The third-order valence-corrected chi connectivity index (χ3v) is 4.39. The summed E-state index contributed by atoms with van der Waals surface area (Å²) in [6, 6.07) is 4.58. The molecule has 1 amide bonds.